The van der Waals surface area contributed by atoms with Crippen LogP contribution in [0.5, 0.6) is 0 Å². The van der Waals surface area contributed by atoms with Crippen molar-refractivity contribution >= 4 is 16.9 Å². The van der Waals surface area contributed by atoms with Gasteiger partial charge in [-0.3, -0.25) is 14.2 Å². The molecule has 0 atom stereocenters. The van der Waals surface area contributed by atoms with Gasteiger partial charge in [0.05, 0.1) is 16.6 Å². The molecule has 238 valence electrons. The van der Waals surface area contributed by atoms with E-state index in [-0.39, 0.29) is 29.7 Å². The van der Waals surface area contributed by atoms with E-state index in [1.165, 1.54) is 0 Å². The smallest absolute Gasteiger partial charge is 0.430 e. The van der Waals surface area contributed by atoms with Gasteiger partial charge in [-0.1, -0.05) is 72.8 Å². The number of nitrogens with zero attached hydrogens (tertiary/aromatic N) is 2. The van der Waals surface area contributed by atoms with Crippen LogP contribution in [0.1, 0.15) is 35.4 Å². The minimum absolute atomic E-state index is 0.0445. The first-order valence-electron chi connectivity index (χ1n) is 14.1. The molecule has 2 N–H and O–H groups in total. The Balaban J connectivity index is 1.60. The molecule has 5 rings (SSSR count). The van der Waals surface area contributed by atoms with Crippen molar-refractivity contribution in [2.45, 2.75) is 43.6 Å². The molecule has 0 aliphatic heterocycles. The fraction of sp³-hybridized carbons (Fsp3) is 0.206. The Morgan fingerprint density at radius 2 is 1.37 bits per heavy atom. The largest absolute Gasteiger partial charge is 0.481 e. The topological polar surface area (TPSA) is 92.4 Å². The Bertz CT molecular complexity index is 1900. The molecule has 0 saturated heterocycles. The Labute approximate surface area is 258 Å². The van der Waals surface area contributed by atoms with Gasteiger partial charge in [0.1, 0.15) is 5.82 Å². The van der Waals surface area contributed by atoms with Gasteiger partial charge in [-0.2, -0.15) is 26.3 Å². The van der Waals surface area contributed by atoms with E-state index in [0.717, 1.165) is 33.4 Å². The number of aliphatic hydroxyl groups is 1. The van der Waals surface area contributed by atoms with Crippen LogP contribution in [0.2, 0.25) is 0 Å². The number of carboxylic acid groups (broad SMARTS) is 1. The molecule has 0 bridgehead atoms. The van der Waals surface area contributed by atoms with Crippen LogP contribution < -0.4 is 5.56 Å². The fourth-order valence-electron chi connectivity index (χ4n) is 5.22. The van der Waals surface area contributed by atoms with Crippen LogP contribution in [0.3, 0.4) is 0 Å². The molecule has 12 heteroatoms. The van der Waals surface area contributed by atoms with Crippen LogP contribution in [-0.2, 0) is 23.2 Å². The Morgan fingerprint density at radius 3 is 1.96 bits per heavy atom. The van der Waals surface area contributed by atoms with Gasteiger partial charge in [-0.15, -0.1) is 0 Å². The molecule has 6 nitrogen and oxygen atoms in total. The molecule has 1 aromatic heterocycles. The summed E-state index contributed by atoms with van der Waals surface area (Å²) in [7, 11) is 0. The molecule has 46 heavy (non-hydrogen) atoms. The summed E-state index contributed by atoms with van der Waals surface area (Å²) < 4.78 is 82.0. The van der Waals surface area contributed by atoms with Gasteiger partial charge < -0.3 is 10.2 Å². The number of carbonyl (C=O) groups is 1. The highest BCUT2D eigenvalue weighted by atomic mass is 19.4. The highest BCUT2D eigenvalue weighted by Gasteiger charge is 2.71. The molecule has 0 amide bonds. The number of rotatable bonds is 9. The molecule has 0 radical (unpaired) electrons. The first kappa shape index (κ1) is 32.4. The van der Waals surface area contributed by atoms with Gasteiger partial charge in [-0.25, -0.2) is 4.98 Å². The van der Waals surface area contributed by atoms with Crippen LogP contribution in [0.15, 0.2) is 102 Å². The van der Waals surface area contributed by atoms with Gasteiger partial charge in [0.15, 0.2) is 0 Å². The number of hydrogen-bond acceptors (Lipinski definition) is 4. The average Bonchev–Trinajstić information content (AvgIpc) is 3.00. The molecule has 0 fully saturated rings. The highest BCUT2D eigenvalue weighted by Crippen LogP contribution is 2.50. The second-order valence-electron chi connectivity index (χ2n) is 10.8. The third-order valence-corrected chi connectivity index (χ3v) is 7.65. The second kappa shape index (κ2) is 12.4. The maximum Gasteiger partial charge on any atom is 0.430 e. The number of aromatic nitrogens is 2. The zero-order valence-electron chi connectivity index (χ0n) is 23.9. The van der Waals surface area contributed by atoms with E-state index in [2.05, 4.69) is 4.98 Å². The van der Waals surface area contributed by atoms with E-state index in [4.69, 9.17) is 5.11 Å². The Kier molecular flexibility index (Phi) is 8.76. The van der Waals surface area contributed by atoms with Crippen molar-refractivity contribution in [3.05, 3.63) is 130 Å². The molecule has 0 spiro atoms. The van der Waals surface area contributed by atoms with Gasteiger partial charge in [0.2, 0.25) is 0 Å². The number of benzene rings is 4. The predicted octanol–water partition coefficient (Wildman–Crippen LogP) is 7.36. The monoisotopic (exact) mass is 640 g/mol. The zero-order chi connectivity index (χ0) is 33.3. The standard InChI is InChI=1S/C34H26F6N2O4/c35-33(36,37)32(46,34(38,39)40)25-14-16-26(17-15-25)42-29(19-22-5-2-1-3-6-22)41-28-18-13-24(20-27(28)31(42)45)23-11-9-21(10-12-23)7-4-8-30(43)44/h1-3,5-6,9-18,20,46H,4,7-8,19H2,(H,43,44). The molecule has 5 aromatic rings. The normalized spacial score (nSPS) is 12.4. The molecular weight excluding hydrogens is 614 g/mol. The third-order valence-electron chi connectivity index (χ3n) is 7.65. The molecular formula is C34H26F6N2O4. The first-order valence-corrected chi connectivity index (χ1v) is 14.1. The maximum atomic E-state index is 14.0. The third kappa shape index (κ3) is 6.38. The van der Waals surface area contributed by atoms with Gasteiger partial charge in [0.25, 0.3) is 11.2 Å². The van der Waals surface area contributed by atoms with E-state index in [9.17, 15) is 41.0 Å². The van der Waals surface area contributed by atoms with Crippen molar-refractivity contribution < 1.29 is 41.4 Å². The number of fused-ring (bicyclic) bond motifs is 1. The van der Waals surface area contributed by atoms with Crippen molar-refractivity contribution in [1.29, 1.82) is 0 Å². The van der Waals surface area contributed by atoms with E-state index in [0.29, 0.717) is 36.1 Å². The van der Waals surface area contributed by atoms with Crippen LogP contribution in [0, 0.1) is 0 Å². The predicted molar refractivity (Wildman–Crippen MR) is 159 cm³/mol. The minimum Gasteiger partial charge on any atom is -0.481 e. The number of carboxylic acids is 1. The van der Waals surface area contributed by atoms with Crippen molar-refractivity contribution in [1.82, 2.24) is 9.55 Å². The average molecular weight is 641 g/mol. The van der Waals surface area contributed by atoms with Crippen LogP contribution in [0.25, 0.3) is 27.7 Å². The van der Waals surface area contributed by atoms with E-state index < -0.39 is 35.0 Å². The molecule has 0 saturated carbocycles. The molecule has 0 aliphatic rings. The van der Waals surface area contributed by atoms with Crippen LogP contribution in [0.4, 0.5) is 26.3 Å². The lowest BCUT2D eigenvalue weighted by atomic mass is 9.92. The van der Waals surface area contributed by atoms with Crippen molar-refractivity contribution in [3.8, 4) is 16.8 Å². The lowest BCUT2D eigenvalue weighted by Gasteiger charge is -2.32. The molecule has 1 heterocycles. The van der Waals surface area contributed by atoms with Crippen LogP contribution >= 0.6 is 0 Å². The zero-order valence-corrected chi connectivity index (χ0v) is 23.9. The highest BCUT2D eigenvalue weighted by molar-refractivity contribution is 5.84. The number of alkyl halides is 6. The Morgan fingerprint density at radius 1 is 0.761 bits per heavy atom. The van der Waals surface area contributed by atoms with Crippen LogP contribution in [-0.4, -0.2) is 38.1 Å². The summed E-state index contributed by atoms with van der Waals surface area (Å²) >= 11 is 0. The first-order chi connectivity index (χ1) is 21.7. The van der Waals surface area contributed by atoms with E-state index in [1.807, 2.05) is 24.3 Å². The summed E-state index contributed by atoms with van der Waals surface area (Å²) in [6, 6.07) is 24.1. The summed E-state index contributed by atoms with van der Waals surface area (Å²) in [6.07, 6.45) is -10.9. The summed E-state index contributed by atoms with van der Waals surface area (Å²) in [5.41, 5.74) is -3.77. The fourth-order valence-corrected chi connectivity index (χ4v) is 5.22. The number of aryl methyl sites for hydroxylation is 1. The van der Waals surface area contributed by atoms with E-state index >= 15 is 0 Å². The van der Waals surface area contributed by atoms with Crippen molar-refractivity contribution in [2.24, 2.45) is 0 Å². The Hall–Kier alpha value is -4.97. The van der Waals surface area contributed by atoms with Crippen molar-refractivity contribution in [2.75, 3.05) is 0 Å². The van der Waals surface area contributed by atoms with E-state index in [1.54, 1.807) is 48.5 Å². The summed E-state index contributed by atoms with van der Waals surface area (Å²) in [6.45, 7) is 0. The molecule has 0 aliphatic carbocycles. The molecule has 4 aromatic carbocycles. The minimum atomic E-state index is -6.06. The number of halogens is 6. The second-order valence-corrected chi connectivity index (χ2v) is 10.8. The number of aliphatic carboxylic acids is 1. The summed E-state index contributed by atoms with van der Waals surface area (Å²) in [5, 5.41) is 18.8. The van der Waals surface area contributed by atoms with Crippen molar-refractivity contribution in [3.63, 3.8) is 0 Å². The summed E-state index contributed by atoms with van der Waals surface area (Å²) in [4.78, 5) is 29.5. The number of hydrogen-bond donors (Lipinski definition) is 2. The lowest BCUT2D eigenvalue weighted by molar-refractivity contribution is -0.376. The SMILES string of the molecule is O=C(O)CCCc1ccc(-c2ccc3nc(Cc4ccccc4)n(-c4ccc(C(O)(C(F)(F)F)C(F)(F)F)cc4)c(=O)c3c2)cc1. The van der Waals surface area contributed by atoms with Gasteiger partial charge in [-0.05, 0) is 59.4 Å². The van der Waals surface area contributed by atoms with Gasteiger partial charge in [0, 0.05) is 18.4 Å². The molecule has 0 unspecified atom stereocenters. The lowest BCUT2D eigenvalue weighted by Crippen LogP contribution is -2.53. The van der Waals surface area contributed by atoms with Gasteiger partial charge >= 0.3 is 18.3 Å². The quantitative estimate of drug-likeness (QED) is 0.164. The summed E-state index contributed by atoms with van der Waals surface area (Å²) in [5.74, 6) is -0.684. The maximum absolute atomic E-state index is 14.0.